The van der Waals surface area contributed by atoms with Crippen molar-refractivity contribution < 1.29 is 9.53 Å². The number of carbonyl (C=O) groups excluding carboxylic acids is 1. The lowest BCUT2D eigenvalue weighted by Gasteiger charge is -2.23. The molecule has 0 heterocycles. The van der Waals surface area contributed by atoms with Gasteiger partial charge in [0.15, 0.2) is 0 Å². The molecule has 0 spiro atoms. The third-order valence-corrected chi connectivity index (χ3v) is 3.40. The van der Waals surface area contributed by atoms with E-state index in [2.05, 4.69) is 0 Å². The standard InChI is InChI=1S/C15H14O2/c16-15(12-7-3-8-12)17-14-10-4-6-11-5-1-2-9-13(11)14/h1-2,4-6,9-10,12H,3,7-8H2. The van der Waals surface area contributed by atoms with E-state index in [-0.39, 0.29) is 11.9 Å². The maximum absolute atomic E-state index is 11.8. The van der Waals surface area contributed by atoms with Crippen molar-refractivity contribution in [2.45, 2.75) is 19.3 Å². The highest BCUT2D eigenvalue weighted by Crippen LogP contribution is 2.30. The number of benzene rings is 2. The molecular weight excluding hydrogens is 212 g/mol. The predicted molar refractivity (Wildman–Crippen MR) is 66.9 cm³/mol. The molecule has 17 heavy (non-hydrogen) atoms. The summed E-state index contributed by atoms with van der Waals surface area (Å²) in [5.74, 6) is 0.724. The van der Waals surface area contributed by atoms with Crippen molar-refractivity contribution in [3.63, 3.8) is 0 Å². The van der Waals surface area contributed by atoms with Gasteiger partial charge in [0, 0.05) is 5.39 Å². The van der Waals surface area contributed by atoms with Crippen molar-refractivity contribution in [1.82, 2.24) is 0 Å². The first kappa shape index (κ1) is 10.3. The fourth-order valence-electron chi connectivity index (χ4n) is 2.12. The zero-order chi connectivity index (χ0) is 11.7. The normalized spacial score (nSPS) is 15.5. The molecule has 2 heteroatoms. The molecule has 0 N–H and O–H groups in total. The summed E-state index contributed by atoms with van der Waals surface area (Å²) in [4.78, 5) is 11.8. The molecule has 2 nitrogen and oxygen atoms in total. The van der Waals surface area contributed by atoms with Crippen LogP contribution in [0.15, 0.2) is 42.5 Å². The van der Waals surface area contributed by atoms with E-state index in [9.17, 15) is 4.79 Å². The third-order valence-electron chi connectivity index (χ3n) is 3.40. The van der Waals surface area contributed by atoms with Gasteiger partial charge in [-0.1, -0.05) is 42.8 Å². The van der Waals surface area contributed by atoms with E-state index in [0.29, 0.717) is 5.75 Å². The van der Waals surface area contributed by atoms with Crippen molar-refractivity contribution in [3.05, 3.63) is 42.5 Å². The van der Waals surface area contributed by atoms with Gasteiger partial charge >= 0.3 is 5.97 Å². The Kier molecular flexibility index (Phi) is 2.56. The third kappa shape index (κ3) is 1.91. The van der Waals surface area contributed by atoms with Gasteiger partial charge < -0.3 is 4.74 Å². The molecule has 2 aromatic carbocycles. The van der Waals surface area contributed by atoms with Gasteiger partial charge in [0.1, 0.15) is 5.75 Å². The minimum atomic E-state index is -0.0763. The van der Waals surface area contributed by atoms with Gasteiger partial charge in [-0.2, -0.15) is 0 Å². The van der Waals surface area contributed by atoms with E-state index >= 15 is 0 Å². The Hall–Kier alpha value is -1.83. The summed E-state index contributed by atoms with van der Waals surface area (Å²) in [7, 11) is 0. The Balaban J connectivity index is 1.91. The van der Waals surface area contributed by atoms with Crippen LogP contribution in [0, 0.1) is 5.92 Å². The lowest BCUT2D eigenvalue weighted by atomic mass is 9.86. The zero-order valence-corrected chi connectivity index (χ0v) is 9.56. The lowest BCUT2D eigenvalue weighted by molar-refractivity contribution is -0.141. The molecule has 0 unspecified atom stereocenters. The lowest BCUT2D eigenvalue weighted by Crippen LogP contribution is -2.26. The SMILES string of the molecule is O=C(Oc1cccc2ccccc12)C1CCC1. The first-order chi connectivity index (χ1) is 8.34. The van der Waals surface area contributed by atoms with Crippen LogP contribution in [0.5, 0.6) is 5.75 Å². The van der Waals surface area contributed by atoms with E-state index in [1.165, 1.54) is 0 Å². The van der Waals surface area contributed by atoms with Crippen LogP contribution < -0.4 is 4.74 Å². The zero-order valence-electron chi connectivity index (χ0n) is 9.56. The van der Waals surface area contributed by atoms with Gasteiger partial charge in [-0.05, 0) is 24.3 Å². The van der Waals surface area contributed by atoms with Gasteiger partial charge in [-0.3, -0.25) is 4.79 Å². The molecule has 0 amide bonds. The summed E-state index contributed by atoms with van der Waals surface area (Å²) in [5.41, 5.74) is 0. The van der Waals surface area contributed by atoms with Crippen molar-refractivity contribution in [2.24, 2.45) is 5.92 Å². The highest BCUT2D eigenvalue weighted by molar-refractivity contribution is 5.90. The number of hydrogen-bond donors (Lipinski definition) is 0. The van der Waals surface area contributed by atoms with Crippen LogP contribution in [-0.2, 0) is 4.79 Å². The highest BCUT2D eigenvalue weighted by Gasteiger charge is 2.27. The van der Waals surface area contributed by atoms with E-state index in [0.717, 1.165) is 30.0 Å². The number of fused-ring (bicyclic) bond motifs is 1. The van der Waals surface area contributed by atoms with Crippen LogP contribution in [0.1, 0.15) is 19.3 Å². The van der Waals surface area contributed by atoms with Crippen LogP contribution >= 0.6 is 0 Å². The maximum atomic E-state index is 11.8. The average molecular weight is 226 g/mol. The number of rotatable bonds is 2. The Labute approximate surface area is 100 Å². The Morgan fingerprint density at radius 2 is 1.82 bits per heavy atom. The molecule has 0 aromatic heterocycles. The minimum Gasteiger partial charge on any atom is -0.426 e. The van der Waals surface area contributed by atoms with Crippen LogP contribution in [-0.4, -0.2) is 5.97 Å². The number of carbonyl (C=O) groups is 1. The molecule has 0 bridgehead atoms. The van der Waals surface area contributed by atoms with Gasteiger partial charge in [-0.15, -0.1) is 0 Å². The van der Waals surface area contributed by atoms with Gasteiger partial charge in [0.25, 0.3) is 0 Å². The number of esters is 1. The molecule has 0 saturated heterocycles. The Morgan fingerprint density at radius 1 is 1.06 bits per heavy atom. The molecule has 3 rings (SSSR count). The summed E-state index contributed by atoms with van der Waals surface area (Å²) in [6.45, 7) is 0. The second-order valence-electron chi connectivity index (χ2n) is 4.53. The summed E-state index contributed by atoms with van der Waals surface area (Å²) in [5, 5.41) is 2.11. The largest absolute Gasteiger partial charge is 0.426 e. The molecule has 0 radical (unpaired) electrons. The topological polar surface area (TPSA) is 26.3 Å². The molecule has 1 aliphatic carbocycles. The van der Waals surface area contributed by atoms with E-state index in [1.807, 2.05) is 42.5 Å². The van der Waals surface area contributed by atoms with Crippen molar-refractivity contribution in [1.29, 1.82) is 0 Å². The van der Waals surface area contributed by atoms with Gasteiger partial charge in [0.2, 0.25) is 0 Å². The Bertz CT molecular complexity index is 550. The van der Waals surface area contributed by atoms with Crippen molar-refractivity contribution >= 4 is 16.7 Å². The minimum absolute atomic E-state index is 0.0763. The number of ether oxygens (including phenoxy) is 1. The summed E-state index contributed by atoms with van der Waals surface area (Å²) in [6, 6.07) is 13.8. The van der Waals surface area contributed by atoms with Crippen molar-refractivity contribution in [3.8, 4) is 5.75 Å². The molecule has 0 aliphatic heterocycles. The van der Waals surface area contributed by atoms with Crippen molar-refractivity contribution in [2.75, 3.05) is 0 Å². The van der Waals surface area contributed by atoms with Gasteiger partial charge in [-0.25, -0.2) is 0 Å². The van der Waals surface area contributed by atoms with Crippen LogP contribution in [0.2, 0.25) is 0 Å². The molecular formula is C15H14O2. The monoisotopic (exact) mass is 226 g/mol. The summed E-state index contributed by atoms with van der Waals surface area (Å²) < 4.78 is 5.49. The average Bonchev–Trinajstić information content (AvgIpc) is 2.27. The molecule has 86 valence electrons. The molecule has 1 saturated carbocycles. The molecule has 1 fully saturated rings. The first-order valence-corrected chi connectivity index (χ1v) is 6.04. The van der Waals surface area contributed by atoms with E-state index < -0.39 is 0 Å². The molecule has 2 aromatic rings. The van der Waals surface area contributed by atoms with E-state index in [4.69, 9.17) is 4.74 Å². The van der Waals surface area contributed by atoms with Gasteiger partial charge in [0.05, 0.1) is 5.92 Å². The summed E-state index contributed by atoms with van der Waals surface area (Å²) >= 11 is 0. The highest BCUT2D eigenvalue weighted by atomic mass is 16.5. The van der Waals surface area contributed by atoms with Crippen LogP contribution in [0.25, 0.3) is 10.8 Å². The van der Waals surface area contributed by atoms with Crippen LogP contribution in [0.4, 0.5) is 0 Å². The first-order valence-electron chi connectivity index (χ1n) is 6.04. The smallest absolute Gasteiger partial charge is 0.314 e. The Morgan fingerprint density at radius 3 is 2.59 bits per heavy atom. The summed E-state index contributed by atoms with van der Waals surface area (Å²) in [6.07, 6.45) is 3.10. The van der Waals surface area contributed by atoms with E-state index in [1.54, 1.807) is 0 Å². The molecule has 0 atom stereocenters. The predicted octanol–water partition coefficient (Wildman–Crippen LogP) is 3.55. The second kappa shape index (κ2) is 4.21. The molecule has 1 aliphatic rings. The van der Waals surface area contributed by atoms with Crippen LogP contribution in [0.3, 0.4) is 0 Å². The number of hydrogen-bond acceptors (Lipinski definition) is 2. The second-order valence-corrected chi connectivity index (χ2v) is 4.53. The quantitative estimate of drug-likeness (QED) is 0.578. The maximum Gasteiger partial charge on any atom is 0.314 e. The fourth-order valence-corrected chi connectivity index (χ4v) is 2.12. The fraction of sp³-hybridized carbons (Fsp3) is 0.267.